The van der Waals surface area contributed by atoms with Crippen molar-refractivity contribution in [1.82, 2.24) is 10.3 Å². The van der Waals surface area contributed by atoms with Gasteiger partial charge in [-0.1, -0.05) is 49.4 Å². The van der Waals surface area contributed by atoms with Crippen molar-refractivity contribution in [2.24, 2.45) is 0 Å². The Labute approximate surface area is 192 Å². The maximum Gasteiger partial charge on any atom is 0.326 e. The van der Waals surface area contributed by atoms with Gasteiger partial charge in [-0.25, -0.2) is 14.2 Å². The number of benzene rings is 1. The van der Waals surface area contributed by atoms with E-state index in [1.807, 2.05) is 0 Å². The zero-order valence-corrected chi connectivity index (χ0v) is 18.8. The fourth-order valence-corrected chi connectivity index (χ4v) is 4.08. The third-order valence-electron chi connectivity index (χ3n) is 5.68. The fourth-order valence-electron chi connectivity index (χ4n) is 3.87. The summed E-state index contributed by atoms with van der Waals surface area (Å²) in [7, 11) is 0. The molecule has 0 bridgehead atoms. The summed E-state index contributed by atoms with van der Waals surface area (Å²) in [5.74, 6) is -1.49. The Morgan fingerprint density at radius 1 is 1.16 bits per heavy atom. The Hall–Kier alpha value is -2.67. The Bertz CT molecular complexity index is 954. The summed E-state index contributed by atoms with van der Waals surface area (Å²) in [5.41, 5.74) is 2.33. The molecule has 2 aromatic rings. The maximum absolute atomic E-state index is 13.5. The topological polar surface area (TPSA) is 91.3 Å². The highest BCUT2D eigenvalue weighted by Gasteiger charge is 2.22. The van der Waals surface area contributed by atoms with Gasteiger partial charge < -0.3 is 15.7 Å². The smallest absolute Gasteiger partial charge is 0.326 e. The minimum Gasteiger partial charge on any atom is -0.480 e. The van der Waals surface area contributed by atoms with Crippen LogP contribution < -0.4 is 10.6 Å². The lowest BCUT2D eigenvalue weighted by molar-refractivity contribution is -0.139. The lowest BCUT2D eigenvalue weighted by atomic mass is 10.0. The minimum atomic E-state index is -1.11. The number of anilines is 1. The van der Waals surface area contributed by atoms with Gasteiger partial charge in [-0.15, -0.1) is 0 Å². The average molecular weight is 462 g/mol. The van der Waals surface area contributed by atoms with Crippen molar-refractivity contribution in [2.75, 3.05) is 11.9 Å². The predicted molar refractivity (Wildman–Crippen MR) is 123 cm³/mol. The normalized spacial score (nSPS) is 13.7. The highest BCUT2D eigenvalue weighted by molar-refractivity contribution is 6.34. The number of nitrogens with one attached hydrogen (secondary N) is 2. The number of amides is 1. The number of carboxylic acids is 1. The number of carbonyl (C=O) groups excluding carboxylic acids is 1. The fraction of sp³-hybridized carbons (Fsp3) is 0.458. The van der Waals surface area contributed by atoms with Gasteiger partial charge in [0.15, 0.2) is 0 Å². The number of hydrogen-bond acceptors (Lipinski definition) is 4. The third kappa shape index (κ3) is 6.66. The predicted octanol–water partition coefficient (Wildman–Crippen LogP) is 5.00. The van der Waals surface area contributed by atoms with Crippen LogP contribution in [0.5, 0.6) is 0 Å². The Kier molecular flexibility index (Phi) is 8.85. The number of nitrogens with zero attached hydrogens (tertiary/aromatic N) is 1. The molecule has 3 N–H and O–H groups in total. The van der Waals surface area contributed by atoms with E-state index in [0.717, 1.165) is 69.1 Å². The molecule has 1 aliphatic rings. The van der Waals surface area contributed by atoms with Gasteiger partial charge >= 0.3 is 5.97 Å². The van der Waals surface area contributed by atoms with Gasteiger partial charge in [0.25, 0.3) is 5.91 Å². The van der Waals surface area contributed by atoms with Crippen LogP contribution in [0.4, 0.5) is 10.2 Å². The van der Waals surface area contributed by atoms with E-state index in [0.29, 0.717) is 12.8 Å². The second-order valence-electron chi connectivity index (χ2n) is 8.11. The molecule has 1 aliphatic heterocycles. The molecule has 0 saturated carbocycles. The minimum absolute atomic E-state index is 0.0658. The second kappa shape index (κ2) is 11.8. The highest BCUT2D eigenvalue weighted by atomic mass is 35.5. The molecule has 0 spiro atoms. The Morgan fingerprint density at radius 2 is 1.94 bits per heavy atom. The van der Waals surface area contributed by atoms with Gasteiger partial charge in [-0.3, -0.25) is 4.79 Å². The molecule has 1 atom stereocenters. The number of pyridine rings is 1. The average Bonchev–Trinajstić information content (AvgIpc) is 2.79. The summed E-state index contributed by atoms with van der Waals surface area (Å²) in [6.07, 6.45) is 8.08. The number of rotatable bonds is 11. The van der Waals surface area contributed by atoms with Crippen LogP contribution >= 0.6 is 11.6 Å². The van der Waals surface area contributed by atoms with Gasteiger partial charge in [-0.05, 0) is 55.9 Å². The molecule has 172 valence electrons. The van der Waals surface area contributed by atoms with Crippen LogP contribution in [-0.4, -0.2) is 34.6 Å². The number of aryl methyl sites for hydroxylation is 2. The van der Waals surface area contributed by atoms with Crippen molar-refractivity contribution in [1.29, 1.82) is 0 Å². The van der Waals surface area contributed by atoms with Gasteiger partial charge in [0, 0.05) is 12.2 Å². The number of aromatic nitrogens is 1. The van der Waals surface area contributed by atoms with E-state index < -0.39 is 23.7 Å². The van der Waals surface area contributed by atoms with E-state index in [1.54, 1.807) is 0 Å². The molecule has 1 aromatic heterocycles. The van der Waals surface area contributed by atoms with Crippen molar-refractivity contribution in [3.63, 3.8) is 0 Å². The van der Waals surface area contributed by atoms with Crippen LogP contribution in [0.15, 0.2) is 30.3 Å². The van der Waals surface area contributed by atoms with E-state index in [4.69, 9.17) is 16.6 Å². The number of carbonyl (C=O) groups is 2. The van der Waals surface area contributed by atoms with Crippen LogP contribution in [0.25, 0.3) is 0 Å². The van der Waals surface area contributed by atoms with Crippen molar-refractivity contribution in [3.8, 4) is 0 Å². The molecule has 0 fully saturated rings. The van der Waals surface area contributed by atoms with E-state index in [9.17, 15) is 19.1 Å². The lowest BCUT2D eigenvalue weighted by Gasteiger charge is -2.17. The van der Waals surface area contributed by atoms with Gasteiger partial charge in [0.05, 0.1) is 10.6 Å². The summed E-state index contributed by atoms with van der Waals surface area (Å²) in [6, 6.07) is 7.12. The maximum atomic E-state index is 13.5. The monoisotopic (exact) mass is 461 g/mol. The standard InChI is InChI=1S/C24H29ClFN3O3/c25-21-18(10-6-11-19(21)26)23(30)29-20(24(31)32)12-5-3-1-2-4-9-17-14-13-16-8-7-15-27-22(16)28-17/h6,10-11,13-14,20H,1-5,7-9,12,15H2,(H,27,28)(H,29,30)(H,31,32)/t20-/m0/s1. The van der Waals surface area contributed by atoms with Crippen LogP contribution in [-0.2, 0) is 17.6 Å². The zero-order valence-electron chi connectivity index (χ0n) is 18.0. The quantitative estimate of drug-likeness (QED) is 0.410. The highest BCUT2D eigenvalue weighted by Crippen LogP contribution is 2.21. The Morgan fingerprint density at radius 3 is 2.75 bits per heavy atom. The van der Waals surface area contributed by atoms with Crippen LogP contribution in [0.3, 0.4) is 0 Å². The van der Waals surface area contributed by atoms with Gasteiger partial charge in [0.1, 0.15) is 17.7 Å². The summed E-state index contributed by atoms with van der Waals surface area (Å²) in [6.45, 7) is 0.983. The molecule has 0 aliphatic carbocycles. The zero-order chi connectivity index (χ0) is 22.9. The SMILES string of the molecule is O=C(N[C@@H](CCCCCCCc1ccc2c(n1)NCCC2)C(=O)O)c1cccc(F)c1Cl. The van der Waals surface area contributed by atoms with E-state index in [-0.39, 0.29) is 10.6 Å². The molecule has 0 saturated heterocycles. The van der Waals surface area contributed by atoms with Crippen molar-refractivity contribution < 1.29 is 19.1 Å². The first-order valence-corrected chi connectivity index (χ1v) is 11.5. The summed E-state index contributed by atoms with van der Waals surface area (Å²) in [5, 5.41) is 14.9. The number of carboxylic acid groups (broad SMARTS) is 1. The van der Waals surface area contributed by atoms with Crippen LogP contribution in [0.1, 0.15) is 66.6 Å². The number of aliphatic carboxylic acids is 1. The molecule has 2 heterocycles. The van der Waals surface area contributed by atoms with E-state index in [2.05, 4.69) is 22.8 Å². The largest absolute Gasteiger partial charge is 0.480 e. The first-order chi connectivity index (χ1) is 15.5. The molecular formula is C24H29ClFN3O3. The molecule has 0 unspecified atom stereocenters. The molecule has 1 amide bonds. The summed E-state index contributed by atoms with van der Waals surface area (Å²) >= 11 is 5.81. The molecule has 32 heavy (non-hydrogen) atoms. The summed E-state index contributed by atoms with van der Waals surface area (Å²) < 4.78 is 13.5. The van der Waals surface area contributed by atoms with E-state index in [1.165, 1.54) is 17.7 Å². The molecule has 8 heteroatoms. The van der Waals surface area contributed by atoms with E-state index >= 15 is 0 Å². The first kappa shape index (κ1) is 24.0. The van der Waals surface area contributed by atoms with Crippen molar-refractivity contribution >= 4 is 29.3 Å². The van der Waals surface area contributed by atoms with Crippen LogP contribution in [0.2, 0.25) is 5.02 Å². The van der Waals surface area contributed by atoms with Crippen LogP contribution in [0, 0.1) is 5.82 Å². The van der Waals surface area contributed by atoms with Gasteiger partial charge in [-0.2, -0.15) is 0 Å². The van der Waals surface area contributed by atoms with Crippen molar-refractivity contribution in [3.05, 3.63) is 58.0 Å². The Balaban J connectivity index is 1.35. The first-order valence-electron chi connectivity index (χ1n) is 11.2. The number of halogens is 2. The summed E-state index contributed by atoms with van der Waals surface area (Å²) in [4.78, 5) is 28.5. The number of fused-ring (bicyclic) bond motifs is 1. The molecule has 6 nitrogen and oxygen atoms in total. The second-order valence-corrected chi connectivity index (χ2v) is 8.49. The number of hydrogen-bond donors (Lipinski definition) is 3. The van der Waals surface area contributed by atoms with Gasteiger partial charge in [0.2, 0.25) is 0 Å². The molecule has 3 rings (SSSR count). The number of unbranched alkanes of at least 4 members (excludes halogenated alkanes) is 4. The lowest BCUT2D eigenvalue weighted by Crippen LogP contribution is -2.40. The third-order valence-corrected chi connectivity index (χ3v) is 6.06. The molecule has 0 radical (unpaired) electrons. The molecule has 1 aromatic carbocycles. The van der Waals surface area contributed by atoms with Crippen molar-refractivity contribution in [2.45, 2.75) is 63.8 Å². The molecular weight excluding hydrogens is 433 g/mol.